The van der Waals surface area contributed by atoms with Crippen LogP contribution in [0.25, 0.3) is 0 Å². The summed E-state index contributed by atoms with van der Waals surface area (Å²) in [5.74, 6) is 1.92. The summed E-state index contributed by atoms with van der Waals surface area (Å²) in [5.41, 5.74) is 5.64. The molecule has 1 unspecified atom stereocenters. The molecule has 0 radical (unpaired) electrons. The van der Waals surface area contributed by atoms with Gasteiger partial charge in [0.25, 0.3) is 0 Å². The molecule has 1 aliphatic rings. The summed E-state index contributed by atoms with van der Waals surface area (Å²) in [7, 11) is 3.70. The van der Waals surface area contributed by atoms with Gasteiger partial charge in [0.2, 0.25) is 0 Å². The Balaban J connectivity index is 2.06. The molecule has 0 saturated heterocycles. The van der Waals surface area contributed by atoms with Crippen molar-refractivity contribution in [2.45, 2.75) is 39.1 Å². The molecular weight excluding hydrogens is 412 g/mol. The van der Waals surface area contributed by atoms with Crippen molar-refractivity contribution in [3.63, 3.8) is 0 Å². The molecule has 0 fully saturated rings. The van der Waals surface area contributed by atoms with Gasteiger partial charge >= 0.3 is 0 Å². The van der Waals surface area contributed by atoms with Gasteiger partial charge in [-0.15, -0.1) is 12.6 Å². The van der Waals surface area contributed by atoms with Crippen molar-refractivity contribution in [1.82, 2.24) is 5.43 Å². The first kappa shape index (κ1) is 22.9. The van der Waals surface area contributed by atoms with Gasteiger partial charge in [-0.3, -0.25) is 10.3 Å². The van der Waals surface area contributed by atoms with E-state index in [4.69, 9.17) is 4.74 Å². The number of hydrazone groups is 1. The molecule has 7 nitrogen and oxygen atoms in total. The fourth-order valence-electron chi connectivity index (χ4n) is 3.81. The number of nitrogens with zero attached hydrogens (tertiary/aromatic N) is 3. The average Bonchev–Trinajstić information content (AvgIpc) is 3.07. The lowest BCUT2D eigenvalue weighted by Gasteiger charge is -2.28. The highest BCUT2D eigenvalue weighted by Gasteiger charge is 2.31. The zero-order valence-corrected chi connectivity index (χ0v) is 19.8. The van der Waals surface area contributed by atoms with Crippen molar-refractivity contribution in [3.05, 3.63) is 41.5 Å². The van der Waals surface area contributed by atoms with Crippen molar-refractivity contribution in [2.24, 2.45) is 11.0 Å². The molecule has 0 saturated carbocycles. The largest absolute Gasteiger partial charge is 0.508 e. The minimum atomic E-state index is -0.414. The van der Waals surface area contributed by atoms with E-state index in [0.29, 0.717) is 17.3 Å². The van der Waals surface area contributed by atoms with Crippen molar-refractivity contribution in [2.75, 3.05) is 30.5 Å². The number of aromatic hydroxyl groups is 2. The number of thiol groups is 1. The quantitative estimate of drug-likeness (QED) is 0.477. The molecule has 31 heavy (non-hydrogen) atoms. The Kier molecular flexibility index (Phi) is 6.79. The van der Waals surface area contributed by atoms with Crippen LogP contribution in [0.15, 0.2) is 35.4 Å². The molecule has 1 heterocycles. The summed E-state index contributed by atoms with van der Waals surface area (Å²) in [6, 6.07) is 9.05. The number of rotatable bonds is 7. The van der Waals surface area contributed by atoms with Gasteiger partial charge < -0.3 is 19.8 Å². The second-order valence-electron chi connectivity index (χ2n) is 8.52. The van der Waals surface area contributed by atoms with Gasteiger partial charge in [0.15, 0.2) is 11.3 Å². The SMILES string of the molecule is COc1ccc(N2C(c3cc(C(C)C)c(O)cc3O)=NNC2S)cc1N(C)CC(C)C. The summed E-state index contributed by atoms with van der Waals surface area (Å²) in [4.78, 5) is 4.07. The first-order valence-corrected chi connectivity index (χ1v) is 10.9. The highest BCUT2D eigenvalue weighted by Crippen LogP contribution is 2.38. The van der Waals surface area contributed by atoms with E-state index in [1.165, 1.54) is 6.07 Å². The molecule has 1 aliphatic heterocycles. The van der Waals surface area contributed by atoms with Gasteiger partial charge in [-0.25, -0.2) is 0 Å². The topological polar surface area (TPSA) is 80.6 Å². The van der Waals surface area contributed by atoms with Crippen LogP contribution in [0.3, 0.4) is 0 Å². The second kappa shape index (κ2) is 9.18. The number of methoxy groups -OCH3 is 1. The first-order chi connectivity index (χ1) is 14.6. The second-order valence-corrected chi connectivity index (χ2v) is 9.01. The molecule has 0 aliphatic carbocycles. The predicted octanol–water partition coefficient (Wildman–Crippen LogP) is 4.31. The average molecular weight is 445 g/mol. The van der Waals surface area contributed by atoms with Crippen molar-refractivity contribution < 1.29 is 14.9 Å². The Morgan fingerprint density at radius 3 is 2.48 bits per heavy atom. The van der Waals surface area contributed by atoms with Gasteiger partial charge in [-0.05, 0) is 41.7 Å². The van der Waals surface area contributed by atoms with Crippen LogP contribution in [0.5, 0.6) is 17.2 Å². The van der Waals surface area contributed by atoms with E-state index in [0.717, 1.165) is 29.2 Å². The molecule has 3 N–H and O–H groups in total. The maximum absolute atomic E-state index is 10.6. The minimum Gasteiger partial charge on any atom is -0.508 e. The lowest BCUT2D eigenvalue weighted by Crippen LogP contribution is -2.37. The number of hydrogen-bond acceptors (Lipinski definition) is 8. The molecule has 0 bridgehead atoms. The Hall–Kier alpha value is -2.74. The normalized spacial score (nSPS) is 16.0. The summed E-state index contributed by atoms with van der Waals surface area (Å²) < 4.78 is 5.59. The van der Waals surface area contributed by atoms with Crippen LogP contribution >= 0.6 is 12.6 Å². The molecule has 8 heteroatoms. The maximum atomic E-state index is 10.6. The third-order valence-corrected chi connectivity index (χ3v) is 5.60. The van der Waals surface area contributed by atoms with Crippen LogP contribution < -0.4 is 20.0 Å². The van der Waals surface area contributed by atoms with Crippen LogP contribution in [0, 0.1) is 5.92 Å². The molecular formula is C23H32N4O3S. The Labute approximate surface area is 189 Å². The van der Waals surface area contributed by atoms with Crippen molar-refractivity contribution >= 4 is 29.8 Å². The van der Waals surface area contributed by atoms with Gasteiger partial charge in [0.1, 0.15) is 17.2 Å². The predicted molar refractivity (Wildman–Crippen MR) is 130 cm³/mol. The number of ether oxygens (including phenoxy) is 1. The van der Waals surface area contributed by atoms with Gasteiger partial charge in [0, 0.05) is 25.3 Å². The number of amidine groups is 1. The monoisotopic (exact) mass is 444 g/mol. The number of anilines is 2. The molecule has 0 spiro atoms. The number of nitrogens with one attached hydrogen (secondary N) is 1. The number of hydrogen-bond donors (Lipinski definition) is 4. The number of phenolic OH excluding ortho intramolecular Hbond substituents is 2. The molecule has 0 amide bonds. The minimum absolute atomic E-state index is 0.0412. The molecule has 168 valence electrons. The van der Waals surface area contributed by atoms with Crippen molar-refractivity contribution in [3.8, 4) is 17.2 Å². The fourth-order valence-corrected chi connectivity index (χ4v) is 4.11. The summed E-state index contributed by atoms with van der Waals surface area (Å²) in [6.07, 6.45) is 0. The summed E-state index contributed by atoms with van der Waals surface area (Å²) in [5, 5.41) is 25.2. The van der Waals surface area contributed by atoms with E-state index in [9.17, 15) is 10.2 Å². The van der Waals surface area contributed by atoms with E-state index in [1.807, 2.05) is 44.0 Å². The van der Waals surface area contributed by atoms with E-state index in [2.05, 4.69) is 41.9 Å². The first-order valence-electron chi connectivity index (χ1n) is 10.4. The van der Waals surface area contributed by atoms with E-state index in [-0.39, 0.29) is 17.4 Å². The van der Waals surface area contributed by atoms with Gasteiger partial charge in [0.05, 0.1) is 18.4 Å². The van der Waals surface area contributed by atoms with Crippen LogP contribution in [0.4, 0.5) is 11.4 Å². The lowest BCUT2D eigenvalue weighted by atomic mass is 9.98. The lowest BCUT2D eigenvalue weighted by molar-refractivity contribution is 0.414. The van der Waals surface area contributed by atoms with Crippen LogP contribution in [0.1, 0.15) is 44.7 Å². The zero-order valence-electron chi connectivity index (χ0n) is 18.9. The third kappa shape index (κ3) is 4.63. The zero-order chi connectivity index (χ0) is 22.9. The molecule has 3 rings (SSSR count). The number of benzene rings is 2. The standard InChI is InChI=1S/C23H32N4O3S/c1-13(2)12-26(5)18-9-15(7-8-21(18)30-6)27-22(24-25-23(27)31)17-10-16(14(3)4)19(28)11-20(17)29/h7-11,13-14,23,25,28-29,31H,12H2,1-6H3. The highest BCUT2D eigenvalue weighted by atomic mass is 32.1. The fraction of sp³-hybridized carbons (Fsp3) is 0.435. The third-order valence-electron chi connectivity index (χ3n) is 5.26. The molecule has 1 atom stereocenters. The Bertz CT molecular complexity index is 978. The van der Waals surface area contributed by atoms with Crippen molar-refractivity contribution in [1.29, 1.82) is 0 Å². The van der Waals surface area contributed by atoms with Gasteiger partial charge in [-0.1, -0.05) is 27.7 Å². The molecule has 0 aromatic heterocycles. The van der Waals surface area contributed by atoms with Gasteiger partial charge in [-0.2, -0.15) is 5.10 Å². The number of phenols is 2. The summed E-state index contributed by atoms with van der Waals surface area (Å²) in [6.45, 7) is 9.20. The summed E-state index contributed by atoms with van der Waals surface area (Å²) >= 11 is 4.64. The van der Waals surface area contributed by atoms with Crippen LogP contribution in [-0.2, 0) is 0 Å². The maximum Gasteiger partial charge on any atom is 0.166 e. The van der Waals surface area contributed by atoms with E-state index >= 15 is 0 Å². The van der Waals surface area contributed by atoms with Crippen LogP contribution in [-0.4, -0.2) is 42.2 Å². The Morgan fingerprint density at radius 2 is 1.87 bits per heavy atom. The van der Waals surface area contributed by atoms with E-state index in [1.54, 1.807) is 13.2 Å². The highest BCUT2D eigenvalue weighted by molar-refractivity contribution is 7.81. The smallest absolute Gasteiger partial charge is 0.166 e. The van der Waals surface area contributed by atoms with E-state index < -0.39 is 5.50 Å². The molecule has 2 aromatic carbocycles. The van der Waals surface area contributed by atoms with Crippen LogP contribution in [0.2, 0.25) is 0 Å². The molecule has 2 aromatic rings. The Morgan fingerprint density at radius 1 is 1.16 bits per heavy atom.